The van der Waals surface area contributed by atoms with Crippen LogP contribution in [0.3, 0.4) is 0 Å². The van der Waals surface area contributed by atoms with E-state index in [-0.39, 0.29) is 11.2 Å². The number of benzene rings is 1. The maximum atomic E-state index is 12.9. The second-order valence-electron chi connectivity index (χ2n) is 5.27. The van der Waals surface area contributed by atoms with E-state index in [9.17, 15) is 4.39 Å². The molecule has 1 rings (SSSR count). The minimum atomic E-state index is -0.177. The number of rotatable bonds is 4. The highest BCUT2D eigenvalue weighted by atomic mass is 19.1. The van der Waals surface area contributed by atoms with E-state index in [0.29, 0.717) is 12.1 Å². The first-order chi connectivity index (χ1) is 7.34. The van der Waals surface area contributed by atoms with Crippen LogP contribution in [0.15, 0.2) is 24.3 Å². The topological polar surface area (TPSA) is 12.0 Å². The lowest BCUT2D eigenvalue weighted by molar-refractivity contribution is 0.340. The highest BCUT2D eigenvalue weighted by Gasteiger charge is 2.27. The van der Waals surface area contributed by atoms with Gasteiger partial charge in [0.1, 0.15) is 5.82 Å². The van der Waals surface area contributed by atoms with Gasteiger partial charge in [0, 0.05) is 17.5 Å². The molecule has 2 heteroatoms. The summed E-state index contributed by atoms with van der Waals surface area (Å²) >= 11 is 0. The first kappa shape index (κ1) is 13.2. The van der Waals surface area contributed by atoms with Crippen LogP contribution in [0.1, 0.15) is 40.2 Å². The summed E-state index contributed by atoms with van der Waals surface area (Å²) in [4.78, 5) is 0. The maximum Gasteiger partial charge on any atom is 0.123 e. The molecule has 1 atom stereocenters. The summed E-state index contributed by atoms with van der Waals surface area (Å²) in [5.74, 6) is -0.177. The van der Waals surface area contributed by atoms with Crippen molar-refractivity contribution in [3.05, 3.63) is 35.6 Å². The van der Waals surface area contributed by atoms with Gasteiger partial charge in [-0.3, -0.25) is 0 Å². The Morgan fingerprint density at radius 3 is 2.00 bits per heavy atom. The summed E-state index contributed by atoms with van der Waals surface area (Å²) in [5, 5.41) is 3.50. The molecule has 0 aliphatic carbocycles. The van der Waals surface area contributed by atoms with Crippen molar-refractivity contribution in [2.45, 2.75) is 52.1 Å². The Balaban J connectivity index is 2.87. The second kappa shape index (κ2) is 4.96. The summed E-state index contributed by atoms with van der Waals surface area (Å²) in [5.41, 5.74) is 1.16. The van der Waals surface area contributed by atoms with Crippen molar-refractivity contribution in [2.75, 3.05) is 0 Å². The molecule has 0 spiro atoms. The fourth-order valence-corrected chi connectivity index (χ4v) is 1.84. The summed E-state index contributed by atoms with van der Waals surface area (Å²) in [7, 11) is 0. The lowest BCUT2D eigenvalue weighted by Crippen LogP contribution is -2.45. The van der Waals surface area contributed by atoms with Crippen LogP contribution in [0.5, 0.6) is 0 Å². The van der Waals surface area contributed by atoms with Crippen LogP contribution < -0.4 is 5.32 Å². The molecule has 1 aromatic rings. The van der Waals surface area contributed by atoms with Crippen molar-refractivity contribution >= 4 is 0 Å². The van der Waals surface area contributed by atoms with Crippen LogP contribution in [0.4, 0.5) is 4.39 Å². The van der Waals surface area contributed by atoms with Crippen LogP contribution in [-0.4, -0.2) is 12.1 Å². The molecule has 0 aliphatic heterocycles. The molecule has 0 aliphatic rings. The third kappa shape index (κ3) is 3.05. The Bertz CT molecular complexity index is 327. The molecule has 90 valence electrons. The highest BCUT2D eigenvalue weighted by Crippen LogP contribution is 2.27. The Kier molecular flexibility index (Phi) is 4.09. The molecule has 0 radical (unpaired) electrons. The van der Waals surface area contributed by atoms with E-state index in [1.54, 1.807) is 0 Å². The van der Waals surface area contributed by atoms with Crippen LogP contribution >= 0.6 is 0 Å². The number of nitrogens with one attached hydrogen (secondary N) is 1. The van der Waals surface area contributed by atoms with Crippen LogP contribution in [0.25, 0.3) is 0 Å². The quantitative estimate of drug-likeness (QED) is 0.824. The van der Waals surface area contributed by atoms with E-state index in [2.05, 4.69) is 39.9 Å². The second-order valence-corrected chi connectivity index (χ2v) is 5.27. The third-order valence-corrected chi connectivity index (χ3v) is 3.25. The van der Waals surface area contributed by atoms with Gasteiger partial charge in [-0.15, -0.1) is 0 Å². The predicted molar refractivity (Wildman–Crippen MR) is 67.2 cm³/mol. The normalized spacial score (nSPS) is 14.2. The van der Waals surface area contributed by atoms with Crippen molar-refractivity contribution in [1.29, 1.82) is 0 Å². The zero-order chi connectivity index (χ0) is 12.3. The summed E-state index contributed by atoms with van der Waals surface area (Å²) in [6.07, 6.45) is 0. The average molecular weight is 223 g/mol. The number of hydrogen-bond acceptors (Lipinski definition) is 1. The van der Waals surface area contributed by atoms with Gasteiger partial charge < -0.3 is 5.32 Å². The van der Waals surface area contributed by atoms with Gasteiger partial charge in [-0.2, -0.15) is 0 Å². The lowest BCUT2D eigenvalue weighted by Gasteiger charge is -2.34. The van der Waals surface area contributed by atoms with Crippen molar-refractivity contribution < 1.29 is 4.39 Å². The molecule has 0 saturated carbocycles. The fraction of sp³-hybridized carbons (Fsp3) is 0.571. The summed E-state index contributed by atoms with van der Waals surface area (Å²) in [6.45, 7) is 10.8. The van der Waals surface area contributed by atoms with E-state index >= 15 is 0 Å². The maximum absolute atomic E-state index is 12.9. The number of hydrogen-bond donors (Lipinski definition) is 1. The van der Waals surface area contributed by atoms with Gasteiger partial charge >= 0.3 is 0 Å². The predicted octanol–water partition coefficient (Wildman–Crippen LogP) is 3.49. The van der Waals surface area contributed by atoms with E-state index in [1.165, 1.54) is 12.1 Å². The minimum Gasteiger partial charge on any atom is -0.311 e. The van der Waals surface area contributed by atoms with E-state index in [0.717, 1.165) is 5.56 Å². The molecule has 1 unspecified atom stereocenters. The largest absolute Gasteiger partial charge is 0.311 e. The Labute approximate surface area is 98.1 Å². The van der Waals surface area contributed by atoms with E-state index < -0.39 is 0 Å². The Morgan fingerprint density at radius 2 is 1.56 bits per heavy atom. The molecule has 1 N–H and O–H groups in total. The van der Waals surface area contributed by atoms with Crippen molar-refractivity contribution in [3.63, 3.8) is 0 Å². The van der Waals surface area contributed by atoms with Crippen molar-refractivity contribution in [2.24, 2.45) is 0 Å². The zero-order valence-electron chi connectivity index (χ0n) is 10.8. The SMILES string of the molecule is CC(C)NC(C)C(C)(C)c1ccc(F)cc1. The first-order valence-electron chi connectivity index (χ1n) is 5.86. The lowest BCUT2D eigenvalue weighted by atomic mass is 9.78. The smallest absolute Gasteiger partial charge is 0.123 e. The number of halogens is 1. The van der Waals surface area contributed by atoms with Gasteiger partial charge in [0.25, 0.3) is 0 Å². The minimum absolute atomic E-state index is 0.00201. The molecule has 0 aromatic heterocycles. The molecule has 0 amide bonds. The molecule has 16 heavy (non-hydrogen) atoms. The fourth-order valence-electron chi connectivity index (χ4n) is 1.84. The standard InChI is InChI=1S/C14H22FN/c1-10(2)16-11(3)14(4,5)12-6-8-13(15)9-7-12/h6-11,16H,1-5H3. The van der Waals surface area contributed by atoms with Gasteiger partial charge in [-0.1, -0.05) is 39.8 Å². The van der Waals surface area contributed by atoms with Gasteiger partial charge in [-0.25, -0.2) is 4.39 Å². The first-order valence-corrected chi connectivity index (χ1v) is 5.86. The van der Waals surface area contributed by atoms with Crippen LogP contribution in [0.2, 0.25) is 0 Å². The Hall–Kier alpha value is -0.890. The van der Waals surface area contributed by atoms with Gasteiger partial charge in [0.2, 0.25) is 0 Å². The van der Waals surface area contributed by atoms with Crippen molar-refractivity contribution in [1.82, 2.24) is 5.32 Å². The van der Waals surface area contributed by atoms with Crippen LogP contribution in [0, 0.1) is 5.82 Å². The molecular weight excluding hydrogens is 201 g/mol. The van der Waals surface area contributed by atoms with Crippen LogP contribution in [-0.2, 0) is 5.41 Å². The average Bonchev–Trinajstić information content (AvgIpc) is 2.17. The summed E-state index contributed by atoms with van der Waals surface area (Å²) in [6, 6.07) is 7.59. The molecule has 0 bridgehead atoms. The molecule has 0 saturated heterocycles. The zero-order valence-corrected chi connectivity index (χ0v) is 10.8. The van der Waals surface area contributed by atoms with E-state index in [4.69, 9.17) is 0 Å². The molecule has 1 aromatic carbocycles. The molecule has 0 heterocycles. The molecular formula is C14H22FN. The third-order valence-electron chi connectivity index (χ3n) is 3.25. The Morgan fingerprint density at radius 1 is 1.06 bits per heavy atom. The highest BCUT2D eigenvalue weighted by molar-refractivity contribution is 5.26. The summed E-state index contributed by atoms with van der Waals surface area (Å²) < 4.78 is 12.9. The molecule has 1 nitrogen and oxygen atoms in total. The monoisotopic (exact) mass is 223 g/mol. The van der Waals surface area contributed by atoms with Gasteiger partial charge in [0.05, 0.1) is 0 Å². The van der Waals surface area contributed by atoms with Gasteiger partial charge in [0.15, 0.2) is 0 Å². The molecule has 0 fully saturated rings. The van der Waals surface area contributed by atoms with Crippen molar-refractivity contribution in [3.8, 4) is 0 Å². The van der Waals surface area contributed by atoms with Gasteiger partial charge in [-0.05, 0) is 24.6 Å². The van der Waals surface area contributed by atoms with E-state index in [1.807, 2.05) is 12.1 Å².